The first-order valence-electron chi connectivity index (χ1n) is 6.86. The lowest BCUT2D eigenvalue weighted by atomic mass is 10.2. The summed E-state index contributed by atoms with van der Waals surface area (Å²) in [5, 5.41) is 4.26. The molecule has 0 saturated heterocycles. The van der Waals surface area contributed by atoms with Crippen molar-refractivity contribution in [2.24, 2.45) is 0 Å². The second-order valence-corrected chi connectivity index (χ2v) is 5.81. The Hall–Kier alpha value is -2.18. The maximum absolute atomic E-state index is 12.4. The molecular weight excluding hydrogens is 334 g/mol. The number of halogens is 1. The second-order valence-electron chi connectivity index (χ2n) is 4.93. The number of pyridine rings is 1. The third-order valence-electron chi connectivity index (χ3n) is 3.42. The Bertz CT molecular complexity index is 879. The molecule has 0 bridgehead atoms. The highest BCUT2D eigenvalue weighted by molar-refractivity contribution is 7.80. The first kappa shape index (κ1) is 15.7. The first-order chi connectivity index (χ1) is 11.1. The van der Waals surface area contributed by atoms with Crippen LogP contribution in [0.5, 0.6) is 5.88 Å². The van der Waals surface area contributed by atoms with E-state index in [4.69, 9.17) is 16.3 Å². The zero-order chi connectivity index (χ0) is 16.4. The van der Waals surface area contributed by atoms with Gasteiger partial charge in [-0.3, -0.25) is 4.79 Å². The smallest absolute Gasteiger partial charge is 0.269 e. The van der Waals surface area contributed by atoms with Crippen LogP contribution < -0.4 is 10.1 Å². The van der Waals surface area contributed by atoms with Gasteiger partial charge in [0.25, 0.3) is 5.91 Å². The summed E-state index contributed by atoms with van der Waals surface area (Å²) in [5.74, 6) is 0.269. The van der Waals surface area contributed by atoms with Crippen LogP contribution in [0.25, 0.3) is 10.9 Å². The third kappa shape index (κ3) is 3.28. The maximum atomic E-state index is 12.4. The standard InChI is InChI=1S/C16H14ClN3O2S/c1-22-13-6-9(4-5-18-13)8-19-16(21)14-15(23)11-7-10(17)2-3-12(11)20-14/h2-7,20,23H,8H2,1H3,(H,19,21). The van der Waals surface area contributed by atoms with Crippen LogP contribution in [0.3, 0.4) is 0 Å². The summed E-state index contributed by atoms with van der Waals surface area (Å²) in [6.45, 7) is 0.362. The Morgan fingerprint density at radius 2 is 2.22 bits per heavy atom. The number of aromatic amines is 1. The average Bonchev–Trinajstić information content (AvgIpc) is 2.89. The summed E-state index contributed by atoms with van der Waals surface area (Å²) in [6, 6.07) is 8.95. The quantitative estimate of drug-likeness (QED) is 0.633. The van der Waals surface area contributed by atoms with Crippen LogP contribution >= 0.6 is 24.2 Å². The number of aromatic nitrogens is 2. The predicted octanol–water partition coefficient (Wildman–Crippen LogP) is 3.44. The average molecular weight is 348 g/mol. The van der Waals surface area contributed by atoms with Crippen molar-refractivity contribution in [3.8, 4) is 5.88 Å². The predicted molar refractivity (Wildman–Crippen MR) is 92.5 cm³/mol. The Labute approximate surface area is 143 Å². The Kier molecular flexibility index (Phi) is 4.45. The summed E-state index contributed by atoms with van der Waals surface area (Å²) >= 11 is 10.4. The van der Waals surface area contributed by atoms with Gasteiger partial charge in [-0.05, 0) is 29.8 Å². The van der Waals surface area contributed by atoms with Crippen LogP contribution in [-0.4, -0.2) is 23.0 Å². The fourth-order valence-corrected chi connectivity index (χ4v) is 2.77. The molecule has 5 nitrogen and oxygen atoms in total. The van der Waals surface area contributed by atoms with Crippen molar-refractivity contribution in [2.75, 3.05) is 7.11 Å². The minimum Gasteiger partial charge on any atom is -0.481 e. The van der Waals surface area contributed by atoms with Gasteiger partial charge in [-0.2, -0.15) is 0 Å². The SMILES string of the molecule is COc1cc(CNC(=O)c2[nH]c3ccc(Cl)cc3c2S)ccn1. The number of H-pyrrole nitrogens is 1. The Balaban J connectivity index is 1.79. The highest BCUT2D eigenvalue weighted by Gasteiger charge is 2.15. The van der Waals surface area contributed by atoms with Crippen molar-refractivity contribution in [3.63, 3.8) is 0 Å². The number of hydrogen-bond acceptors (Lipinski definition) is 4. The van der Waals surface area contributed by atoms with Crippen molar-refractivity contribution < 1.29 is 9.53 Å². The molecule has 2 aromatic heterocycles. The van der Waals surface area contributed by atoms with E-state index in [2.05, 4.69) is 27.9 Å². The summed E-state index contributed by atoms with van der Waals surface area (Å²) in [7, 11) is 1.55. The molecule has 0 spiro atoms. The number of carbonyl (C=O) groups is 1. The molecule has 3 aromatic rings. The van der Waals surface area contributed by atoms with Crippen LogP contribution in [0.2, 0.25) is 5.02 Å². The zero-order valence-electron chi connectivity index (χ0n) is 12.3. The van der Waals surface area contributed by atoms with E-state index in [1.165, 1.54) is 0 Å². The largest absolute Gasteiger partial charge is 0.481 e. The number of amides is 1. The van der Waals surface area contributed by atoms with Gasteiger partial charge in [0.1, 0.15) is 5.69 Å². The molecule has 7 heteroatoms. The molecule has 0 unspecified atom stereocenters. The highest BCUT2D eigenvalue weighted by atomic mass is 35.5. The minimum atomic E-state index is -0.238. The molecule has 118 valence electrons. The van der Waals surface area contributed by atoms with Gasteiger partial charge in [0.15, 0.2) is 0 Å². The summed E-state index contributed by atoms with van der Waals surface area (Å²) in [5.41, 5.74) is 2.12. The summed E-state index contributed by atoms with van der Waals surface area (Å²) in [4.78, 5) is 20.0. The minimum absolute atomic E-state index is 0.238. The van der Waals surface area contributed by atoms with Crippen molar-refractivity contribution in [1.82, 2.24) is 15.3 Å². The molecule has 0 radical (unpaired) electrons. The lowest BCUT2D eigenvalue weighted by Crippen LogP contribution is -2.23. The van der Waals surface area contributed by atoms with Gasteiger partial charge >= 0.3 is 0 Å². The molecule has 2 heterocycles. The molecular formula is C16H14ClN3O2S. The van der Waals surface area contributed by atoms with Gasteiger partial charge in [-0.25, -0.2) is 4.98 Å². The first-order valence-corrected chi connectivity index (χ1v) is 7.68. The molecule has 0 aliphatic heterocycles. The zero-order valence-corrected chi connectivity index (χ0v) is 13.9. The number of nitrogens with one attached hydrogen (secondary N) is 2. The number of methoxy groups -OCH3 is 1. The molecule has 3 rings (SSSR count). The van der Waals surface area contributed by atoms with Gasteiger partial charge in [0, 0.05) is 39.6 Å². The van der Waals surface area contributed by atoms with Crippen molar-refractivity contribution >= 4 is 41.0 Å². The maximum Gasteiger partial charge on any atom is 0.269 e. The molecule has 23 heavy (non-hydrogen) atoms. The number of rotatable bonds is 4. The van der Waals surface area contributed by atoms with Crippen LogP contribution in [0.15, 0.2) is 41.4 Å². The number of thiol groups is 1. The highest BCUT2D eigenvalue weighted by Crippen LogP contribution is 2.28. The lowest BCUT2D eigenvalue weighted by molar-refractivity contribution is 0.0944. The lowest BCUT2D eigenvalue weighted by Gasteiger charge is -2.06. The third-order valence-corrected chi connectivity index (χ3v) is 4.12. The number of ether oxygens (including phenoxy) is 1. The molecule has 1 aromatic carbocycles. The topological polar surface area (TPSA) is 67.0 Å². The number of carbonyl (C=O) groups excluding carboxylic acids is 1. The van der Waals surface area contributed by atoms with Crippen LogP contribution in [0.1, 0.15) is 16.1 Å². The van der Waals surface area contributed by atoms with Gasteiger partial charge in [0.2, 0.25) is 5.88 Å². The number of fused-ring (bicyclic) bond motifs is 1. The molecule has 0 saturated carbocycles. The van der Waals surface area contributed by atoms with Gasteiger partial charge in [-0.15, -0.1) is 12.6 Å². The van der Waals surface area contributed by atoms with E-state index in [0.717, 1.165) is 16.5 Å². The van der Waals surface area contributed by atoms with E-state index in [1.807, 2.05) is 12.1 Å². The van der Waals surface area contributed by atoms with E-state index in [1.54, 1.807) is 31.5 Å². The van der Waals surface area contributed by atoms with Gasteiger partial charge < -0.3 is 15.0 Å². The van der Waals surface area contributed by atoms with Crippen LogP contribution in [-0.2, 0) is 6.54 Å². The fraction of sp³-hybridized carbons (Fsp3) is 0.125. The normalized spacial score (nSPS) is 10.7. The van der Waals surface area contributed by atoms with E-state index in [-0.39, 0.29) is 5.91 Å². The number of hydrogen-bond donors (Lipinski definition) is 3. The fourth-order valence-electron chi connectivity index (χ4n) is 2.26. The monoisotopic (exact) mass is 347 g/mol. The van der Waals surface area contributed by atoms with E-state index in [9.17, 15) is 4.79 Å². The van der Waals surface area contributed by atoms with Crippen molar-refractivity contribution in [2.45, 2.75) is 11.4 Å². The number of benzene rings is 1. The molecule has 0 fully saturated rings. The Morgan fingerprint density at radius 1 is 1.39 bits per heavy atom. The molecule has 0 atom stereocenters. The Morgan fingerprint density at radius 3 is 3.00 bits per heavy atom. The van der Waals surface area contributed by atoms with Crippen molar-refractivity contribution in [1.29, 1.82) is 0 Å². The second kappa shape index (κ2) is 6.52. The molecule has 0 aliphatic rings. The van der Waals surface area contributed by atoms with Crippen LogP contribution in [0.4, 0.5) is 0 Å². The van der Waals surface area contributed by atoms with E-state index >= 15 is 0 Å². The van der Waals surface area contributed by atoms with Crippen molar-refractivity contribution in [3.05, 3.63) is 52.8 Å². The van der Waals surface area contributed by atoms with Gasteiger partial charge in [0.05, 0.1) is 7.11 Å². The summed E-state index contributed by atoms with van der Waals surface area (Å²) < 4.78 is 5.06. The van der Waals surface area contributed by atoms with E-state index < -0.39 is 0 Å². The number of nitrogens with zero attached hydrogens (tertiary/aromatic N) is 1. The van der Waals surface area contributed by atoms with E-state index in [0.29, 0.717) is 28.0 Å². The van der Waals surface area contributed by atoms with Gasteiger partial charge in [-0.1, -0.05) is 11.6 Å². The molecule has 2 N–H and O–H groups in total. The summed E-state index contributed by atoms with van der Waals surface area (Å²) in [6.07, 6.45) is 1.63. The molecule has 0 aliphatic carbocycles. The molecule has 1 amide bonds. The van der Waals surface area contributed by atoms with Crippen LogP contribution in [0, 0.1) is 0 Å².